The zero-order valence-electron chi connectivity index (χ0n) is 14.2. The van der Waals surface area contributed by atoms with Crippen LogP contribution in [0.5, 0.6) is 11.5 Å². The standard InChI is InChI=1S/C17H22N4O3/c1-21-7-6-18-11-15(21)17-19-16(24-20-17)5-4-12-8-13(22-2)10-14(9-12)23-3/h4-5,8-10,15,18H,6-7,11H2,1-3H3/b5-4+. The molecule has 0 amide bonds. The predicted molar refractivity (Wildman–Crippen MR) is 91.0 cm³/mol. The van der Waals surface area contributed by atoms with E-state index < -0.39 is 0 Å². The van der Waals surface area contributed by atoms with Crippen molar-refractivity contribution in [3.63, 3.8) is 0 Å². The molecule has 2 aromatic rings. The van der Waals surface area contributed by atoms with Crippen LogP contribution >= 0.6 is 0 Å². The lowest BCUT2D eigenvalue weighted by Gasteiger charge is -2.30. The van der Waals surface area contributed by atoms with Gasteiger partial charge in [0.25, 0.3) is 5.89 Å². The van der Waals surface area contributed by atoms with Crippen molar-refractivity contribution < 1.29 is 14.0 Å². The number of hydrogen-bond donors (Lipinski definition) is 1. The Morgan fingerprint density at radius 3 is 2.62 bits per heavy atom. The normalized spacial score (nSPS) is 18.9. The molecule has 1 aromatic carbocycles. The van der Waals surface area contributed by atoms with Crippen LogP contribution in [-0.4, -0.2) is 55.9 Å². The Hall–Kier alpha value is -2.38. The maximum Gasteiger partial charge on any atom is 0.250 e. The lowest BCUT2D eigenvalue weighted by atomic mass is 10.2. The van der Waals surface area contributed by atoms with Gasteiger partial charge >= 0.3 is 0 Å². The van der Waals surface area contributed by atoms with E-state index in [1.165, 1.54) is 0 Å². The maximum absolute atomic E-state index is 5.34. The number of ether oxygens (including phenoxy) is 2. The summed E-state index contributed by atoms with van der Waals surface area (Å²) in [5.74, 6) is 2.64. The number of rotatable bonds is 5. The fourth-order valence-corrected chi connectivity index (χ4v) is 2.64. The molecule has 3 rings (SSSR count). The van der Waals surface area contributed by atoms with Gasteiger partial charge in [0.2, 0.25) is 0 Å². The van der Waals surface area contributed by atoms with Crippen molar-refractivity contribution >= 4 is 12.2 Å². The molecule has 1 saturated heterocycles. The van der Waals surface area contributed by atoms with E-state index in [0.717, 1.165) is 36.7 Å². The largest absolute Gasteiger partial charge is 0.497 e. The van der Waals surface area contributed by atoms with E-state index in [1.54, 1.807) is 20.3 Å². The third-order valence-electron chi connectivity index (χ3n) is 4.06. The molecule has 1 aliphatic heterocycles. The Morgan fingerprint density at radius 1 is 1.21 bits per heavy atom. The van der Waals surface area contributed by atoms with Gasteiger partial charge in [0.15, 0.2) is 5.82 Å². The molecule has 128 valence electrons. The number of nitrogens with zero attached hydrogens (tertiary/aromatic N) is 3. The van der Waals surface area contributed by atoms with Gasteiger partial charge in [-0.1, -0.05) is 5.16 Å². The van der Waals surface area contributed by atoms with Crippen LogP contribution in [0.1, 0.15) is 23.3 Å². The van der Waals surface area contributed by atoms with Crippen LogP contribution in [0.15, 0.2) is 22.7 Å². The molecule has 1 unspecified atom stereocenters. The molecule has 0 aliphatic carbocycles. The summed E-state index contributed by atoms with van der Waals surface area (Å²) in [5.41, 5.74) is 0.933. The molecule has 7 nitrogen and oxygen atoms in total. The van der Waals surface area contributed by atoms with Gasteiger partial charge in [-0.2, -0.15) is 4.98 Å². The molecule has 1 aliphatic rings. The van der Waals surface area contributed by atoms with Crippen LogP contribution in [0.3, 0.4) is 0 Å². The first-order valence-corrected chi connectivity index (χ1v) is 7.85. The highest BCUT2D eigenvalue weighted by Crippen LogP contribution is 2.24. The number of aromatic nitrogens is 2. The minimum absolute atomic E-state index is 0.140. The second-order valence-electron chi connectivity index (χ2n) is 5.67. The molecule has 0 spiro atoms. The minimum atomic E-state index is 0.140. The van der Waals surface area contributed by atoms with Crippen molar-refractivity contribution in [3.05, 3.63) is 35.5 Å². The van der Waals surface area contributed by atoms with Gasteiger partial charge in [0, 0.05) is 31.8 Å². The van der Waals surface area contributed by atoms with E-state index >= 15 is 0 Å². The lowest BCUT2D eigenvalue weighted by Crippen LogP contribution is -2.44. The minimum Gasteiger partial charge on any atom is -0.497 e. The average Bonchev–Trinajstić information content (AvgIpc) is 3.08. The molecule has 7 heteroatoms. The van der Waals surface area contributed by atoms with E-state index in [0.29, 0.717) is 11.7 Å². The summed E-state index contributed by atoms with van der Waals surface area (Å²) in [6.45, 7) is 2.77. The first-order chi connectivity index (χ1) is 11.7. The number of likely N-dealkylation sites (N-methyl/N-ethyl adjacent to an activating group) is 1. The quantitative estimate of drug-likeness (QED) is 0.896. The number of hydrogen-bond acceptors (Lipinski definition) is 7. The van der Waals surface area contributed by atoms with Crippen LogP contribution in [0.4, 0.5) is 0 Å². The number of piperazine rings is 1. The van der Waals surface area contributed by atoms with Crippen molar-refractivity contribution in [2.45, 2.75) is 6.04 Å². The van der Waals surface area contributed by atoms with Crippen molar-refractivity contribution in [1.82, 2.24) is 20.4 Å². The monoisotopic (exact) mass is 330 g/mol. The fourth-order valence-electron chi connectivity index (χ4n) is 2.64. The van der Waals surface area contributed by atoms with Crippen molar-refractivity contribution in [1.29, 1.82) is 0 Å². The highest BCUT2D eigenvalue weighted by molar-refractivity contribution is 5.67. The highest BCUT2D eigenvalue weighted by Gasteiger charge is 2.24. The number of methoxy groups -OCH3 is 2. The van der Waals surface area contributed by atoms with Crippen molar-refractivity contribution in [2.24, 2.45) is 0 Å². The van der Waals surface area contributed by atoms with E-state index in [2.05, 4.69) is 27.4 Å². The molecule has 0 saturated carbocycles. The first kappa shape index (κ1) is 16.5. The Labute approximate surface area is 141 Å². The Kier molecular flexibility index (Phi) is 5.12. The molecule has 2 heterocycles. The summed E-state index contributed by atoms with van der Waals surface area (Å²) >= 11 is 0. The summed E-state index contributed by atoms with van der Waals surface area (Å²) in [6.07, 6.45) is 3.69. The van der Waals surface area contributed by atoms with Crippen LogP contribution in [0.25, 0.3) is 12.2 Å². The van der Waals surface area contributed by atoms with Crippen LogP contribution in [0, 0.1) is 0 Å². The SMILES string of the molecule is COc1cc(/C=C/c2nc(C3CNCCN3C)no2)cc(OC)c1. The maximum atomic E-state index is 5.34. The van der Waals surface area contributed by atoms with Crippen LogP contribution in [0.2, 0.25) is 0 Å². The molecular formula is C17H22N4O3. The van der Waals surface area contributed by atoms with Gasteiger partial charge in [0.05, 0.1) is 20.3 Å². The first-order valence-electron chi connectivity index (χ1n) is 7.85. The Morgan fingerprint density at radius 2 is 1.96 bits per heavy atom. The Bertz CT molecular complexity index is 691. The molecular weight excluding hydrogens is 308 g/mol. The van der Waals surface area contributed by atoms with E-state index in [9.17, 15) is 0 Å². The molecule has 1 aromatic heterocycles. The summed E-state index contributed by atoms with van der Waals surface area (Å²) in [5, 5.41) is 7.45. The van der Waals surface area contributed by atoms with Gasteiger partial charge in [-0.25, -0.2) is 0 Å². The van der Waals surface area contributed by atoms with Crippen molar-refractivity contribution in [3.8, 4) is 11.5 Å². The summed E-state index contributed by atoms with van der Waals surface area (Å²) in [6, 6.07) is 5.79. The number of benzene rings is 1. The average molecular weight is 330 g/mol. The fraction of sp³-hybridized carbons (Fsp3) is 0.412. The van der Waals surface area contributed by atoms with Gasteiger partial charge in [-0.3, -0.25) is 4.90 Å². The van der Waals surface area contributed by atoms with E-state index in [4.69, 9.17) is 14.0 Å². The number of nitrogens with one attached hydrogen (secondary N) is 1. The molecule has 0 bridgehead atoms. The van der Waals surface area contributed by atoms with Crippen LogP contribution < -0.4 is 14.8 Å². The summed E-state index contributed by atoms with van der Waals surface area (Å²) in [7, 11) is 5.32. The van der Waals surface area contributed by atoms with E-state index in [1.807, 2.05) is 24.3 Å². The van der Waals surface area contributed by atoms with Gasteiger partial charge < -0.3 is 19.3 Å². The zero-order valence-corrected chi connectivity index (χ0v) is 14.2. The summed E-state index contributed by atoms with van der Waals surface area (Å²) < 4.78 is 15.9. The summed E-state index contributed by atoms with van der Waals surface area (Å²) in [4.78, 5) is 6.70. The van der Waals surface area contributed by atoms with Gasteiger partial charge in [0.1, 0.15) is 11.5 Å². The zero-order chi connectivity index (χ0) is 16.9. The van der Waals surface area contributed by atoms with E-state index in [-0.39, 0.29) is 6.04 Å². The lowest BCUT2D eigenvalue weighted by molar-refractivity contribution is 0.190. The molecule has 0 radical (unpaired) electrons. The topological polar surface area (TPSA) is 72.7 Å². The third-order valence-corrected chi connectivity index (χ3v) is 4.06. The molecule has 1 atom stereocenters. The second kappa shape index (κ2) is 7.46. The Balaban J connectivity index is 1.75. The molecule has 24 heavy (non-hydrogen) atoms. The molecule has 1 fully saturated rings. The van der Waals surface area contributed by atoms with Crippen molar-refractivity contribution in [2.75, 3.05) is 40.9 Å². The van der Waals surface area contributed by atoms with Gasteiger partial charge in [-0.05, 0) is 30.8 Å². The van der Waals surface area contributed by atoms with Crippen LogP contribution in [-0.2, 0) is 0 Å². The van der Waals surface area contributed by atoms with Gasteiger partial charge in [-0.15, -0.1) is 0 Å². The third kappa shape index (κ3) is 3.74. The smallest absolute Gasteiger partial charge is 0.250 e. The predicted octanol–water partition coefficient (Wildman–Crippen LogP) is 1.83. The highest BCUT2D eigenvalue weighted by atomic mass is 16.5. The molecule has 1 N–H and O–H groups in total. The second-order valence-corrected chi connectivity index (χ2v) is 5.67.